The van der Waals surface area contributed by atoms with Crippen LogP contribution in [0.5, 0.6) is 0 Å². The second-order valence-electron chi connectivity index (χ2n) is 14.6. The van der Waals surface area contributed by atoms with Gasteiger partial charge in [-0.2, -0.15) is 0 Å². The lowest BCUT2D eigenvalue weighted by Gasteiger charge is -2.49. The van der Waals surface area contributed by atoms with E-state index in [1.54, 1.807) is 0 Å². The summed E-state index contributed by atoms with van der Waals surface area (Å²) in [5.41, 5.74) is 19.1. The van der Waals surface area contributed by atoms with Crippen LogP contribution in [0.15, 0.2) is 194 Å². The highest BCUT2D eigenvalue weighted by atomic mass is 15.1. The Bertz CT molecular complexity index is 2870. The van der Waals surface area contributed by atoms with Crippen LogP contribution < -0.4 is 0 Å². The molecule has 2 heteroatoms. The monoisotopic (exact) mass is 672 g/mol. The van der Waals surface area contributed by atoms with Crippen molar-refractivity contribution >= 4 is 11.0 Å². The van der Waals surface area contributed by atoms with Gasteiger partial charge in [-0.1, -0.05) is 164 Å². The number of fused-ring (bicyclic) bond motifs is 17. The predicted molar refractivity (Wildman–Crippen MR) is 215 cm³/mol. The standard InChI is InChI=1S/C51H32N2/c1-2-16-34(17-3-1)53-48-29-15-14-28-47(48)52-49(53)33-30-31-45-46(32-33)51(41-24-10-6-20-37(41)38-21-7-11-25-42(38)51)44-27-13-12-26-43(44)50(45)39-22-8-4-18-35(39)36-19-5-9-23-40(36)50/h1-32H. The minimum Gasteiger partial charge on any atom is -0.292 e. The molecule has 3 aliphatic carbocycles. The van der Waals surface area contributed by atoms with Crippen LogP contribution in [0.3, 0.4) is 0 Å². The average molecular weight is 673 g/mol. The van der Waals surface area contributed by atoms with E-state index in [0.717, 1.165) is 28.1 Å². The third-order valence-electron chi connectivity index (χ3n) is 12.3. The zero-order chi connectivity index (χ0) is 34.7. The zero-order valence-corrected chi connectivity index (χ0v) is 28.9. The maximum atomic E-state index is 5.38. The molecule has 1 heterocycles. The highest BCUT2D eigenvalue weighted by molar-refractivity contribution is 5.94. The fourth-order valence-corrected chi connectivity index (χ4v) is 10.4. The van der Waals surface area contributed by atoms with E-state index in [9.17, 15) is 0 Å². The van der Waals surface area contributed by atoms with Crippen molar-refractivity contribution in [3.8, 4) is 39.3 Å². The molecule has 246 valence electrons. The molecule has 53 heavy (non-hydrogen) atoms. The summed E-state index contributed by atoms with van der Waals surface area (Å²) in [6.07, 6.45) is 0. The molecule has 12 rings (SSSR count). The molecular weight excluding hydrogens is 641 g/mol. The van der Waals surface area contributed by atoms with E-state index in [-0.39, 0.29) is 0 Å². The minimum atomic E-state index is -0.545. The van der Waals surface area contributed by atoms with Gasteiger partial charge in [0, 0.05) is 11.3 Å². The van der Waals surface area contributed by atoms with Gasteiger partial charge >= 0.3 is 0 Å². The number of rotatable bonds is 2. The van der Waals surface area contributed by atoms with E-state index >= 15 is 0 Å². The van der Waals surface area contributed by atoms with Gasteiger partial charge in [-0.15, -0.1) is 0 Å². The van der Waals surface area contributed by atoms with E-state index in [0.29, 0.717) is 0 Å². The summed E-state index contributed by atoms with van der Waals surface area (Å²) >= 11 is 0. The van der Waals surface area contributed by atoms with Crippen LogP contribution in [0, 0.1) is 0 Å². The third kappa shape index (κ3) is 3.46. The molecule has 2 spiro atoms. The van der Waals surface area contributed by atoms with Gasteiger partial charge in [-0.3, -0.25) is 4.57 Å². The Morgan fingerprint density at radius 2 is 0.755 bits per heavy atom. The number of imidazole rings is 1. The molecular formula is C51H32N2. The van der Waals surface area contributed by atoms with Crippen molar-refractivity contribution in [3.05, 3.63) is 239 Å². The number of para-hydroxylation sites is 3. The molecule has 8 aromatic carbocycles. The number of hydrogen-bond acceptors (Lipinski definition) is 1. The first-order chi connectivity index (χ1) is 26.3. The largest absolute Gasteiger partial charge is 0.292 e. The van der Waals surface area contributed by atoms with Gasteiger partial charge in [0.25, 0.3) is 0 Å². The molecule has 0 unspecified atom stereocenters. The Morgan fingerprint density at radius 1 is 0.340 bits per heavy atom. The SMILES string of the molecule is c1ccc(-n2c(-c3ccc4c(c3)C3(c5ccccc5-c5ccccc53)c3ccccc3C43c4ccccc4-c4ccccc43)nc3ccccc32)cc1. The minimum absolute atomic E-state index is 0.505. The van der Waals surface area contributed by atoms with Crippen molar-refractivity contribution in [2.75, 3.05) is 0 Å². The van der Waals surface area contributed by atoms with Crippen LogP contribution in [0.25, 0.3) is 50.4 Å². The van der Waals surface area contributed by atoms with Gasteiger partial charge in [0.05, 0.1) is 21.9 Å². The van der Waals surface area contributed by atoms with Crippen molar-refractivity contribution < 1.29 is 0 Å². The highest BCUT2D eigenvalue weighted by Crippen LogP contribution is 2.67. The lowest BCUT2D eigenvalue weighted by atomic mass is 9.52. The highest BCUT2D eigenvalue weighted by Gasteiger charge is 2.58. The molecule has 2 nitrogen and oxygen atoms in total. The molecule has 0 radical (unpaired) electrons. The Labute approximate surface area is 308 Å². The number of hydrogen-bond donors (Lipinski definition) is 0. The predicted octanol–water partition coefficient (Wildman–Crippen LogP) is 11.7. The summed E-state index contributed by atoms with van der Waals surface area (Å²) in [6.45, 7) is 0. The first-order valence-corrected chi connectivity index (χ1v) is 18.5. The Morgan fingerprint density at radius 3 is 1.30 bits per heavy atom. The van der Waals surface area contributed by atoms with Crippen molar-refractivity contribution in [3.63, 3.8) is 0 Å². The summed E-state index contributed by atoms with van der Waals surface area (Å²) < 4.78 is 2.33. The van der Waals surface area contributed by atoms with Crippen LogP contribution in [0.4, 0.5) is 0 Å². The van der Waals surface area contributed by atoms with Crippen LogP contribution in [0.1, 0.15) is 44.5 Å². The first-order valence-electron chi connectivity index (χ1n) is 18.5. The van der Waals surface area contributed by atoms with Gasteiger partial charge in [-0.25, -0.2) is 4.98 Å². The summed E-state index contributed by atoms with van der Waals surface area (Å²) in [4.78, 5) is 5.38. The Kier molecular flexibility index (Phi) is 5.67. The maximum Gasteiger partial charge on any atom is 0.145 e. The molecule has 3 aliphatic rings. The molecule has 0 N–H and O–H groups in total. The van der Waals surface area contributed by atoms with Crippen LogP contribution in [-0.2, 0) is 10.8 Å². The van der Waals surface area contributed by atoms with Crippen molar-refractivity contribution in [2.45, 2.75) is 10.8 Å². The molecule has 0 bridgehead atoms. The van der Waals surface area contributed by atoms with Gasteiger partial charge in [-0.05, 0) is 97.1 Å². The fourth-order valence-electron chi connectivity index (χ4n) is 10.4. The first kappa shape index (κ1) is 28.9. The van der Waals surface area contributed by atoms with Gasteiger partial charge in [0.2, 0.25) is 0 Å². The summed E-state index contributed by atoms with van der Waals surface area (Å²) in [5, 5.41) is 0. The van der Waals surface area contributed by atoms with Crippen LogP contribution >= 0.6 is 0 Å². The summed E-state index contributed by atoms with van der Waals surface area (Å²) in [5.74, 6) is 0.940. The molecule has 0 saturated carbocycles. The number of nitrogens with zero attached hydrogens (tertiary/aromatic N) is 2. The molecule has 1 aromatic heterocycles. The third-order valence-corrected chi connectivity index (χ3v) is 12.3. The normalized spacial score (nSPS) is 14.7. The lowest BCUT2D eigenvalue weighted by molar-refractivity contribution is 0.633. The topological polar surface area (TPSA) is 17.8 Å². The van der Waals surface area contributed by atoms with Gasteiger partial charge in [0.15, 0.2) is 0 Å². The second kappa shape index (κ2) is 10.4. The number of aromatic nitrogens is 2. The number of benzene rings is 8. The molecule has 9 aromatic rings. The molecule has 0 fully saturated rings. The van der Waals surface area contributed by atoms with E-state index in [4.69, 9.17) is 4.98 Å². The van der Waals surface area contributed by atoms with E-state index in [1.165, 1.54) is 66.8 Å². The lowest BCUT2D eigenvalue weighted by Crippen LogP contribution is -2.43. The van der Waals surface area contributed by atoms with Crippen LogP contribution in [0.2, 0.25) is 0 Å². The summed E-state index contributed by atoms with van der Waals surface area (Å²) in [7, 11) is 0. The molecule has 0 aliphatic heterocycles. The molecule has 0 atom stereocenters. The van der Waals surface area contributed by atoms with Crippen LogP contribution in [-0.4, -0.2) is 9.55 Å². The smallest absolute Gasteiger partial charge is 0.145 e. The fraction of sp³-hybridized carbons (Fsp3) is 0.0392. The molecule has 0 saturated heterocycles. The Hall–Kier alpha value is -6.77. The zero-order valence-electron chi connectivity index (χ0n) is 28.9. The van der Waals surface area contributed by atoms with Crippen molar-refractivity contribution in [2.24, 2.45) is 0 Å². The van der Waals surface area contributed by atoms with Crippen molar-refractivity contribution in [1.82, 2.24) is 9.55 Å². The van der Waals surface area contributed by atoms with E-state index < -0.39 is 10.8 Å². The maximum absolute atomic E-state index is 5.38. The van der Waals surface area contributed by atoms with Gasteiger partial charge < -0.3 is 0 Å². The van der Waals surface area contributed by atoms with E-state index in [2.05, 4.69) is 199 Å². The van der Waals surface area contributed by atoms with Gasteiger partial charge in [0.1, 0.15) is 5.82 Å². The quantitative estimate of drug-likeness (QED) is 0.179. The average Bonchev–Trinajstić information content (AvgIpc) is 3.86. The second-order valence-corrected chi connectivity index (χ2v) is 14.6. The van der Waals surface area contributed by atoms with E-state index in [1.807, 2.05) is 0 Å². The van der Waals surface area contributed by atoms with Crippen molar-refractivity contribution in [1.29, 1.82) is 0 Å². The Balaban J connectivity index is 1.28. The summed E-state index contributed by atoms with van der Waals surface area (Å²) in [6, 6.07) is 72.1. The molecule has 0 amide bonds.